The normalized spacial score (nSPS) is 12.9. The molecular formula is C25H39N3O4S2. The summed E-state index contributed by atoms with van der Waals surface area (Å²) in [6.07, 6.45) is 4.75. The van der Waals surface area contributed by atoms with Crippen molar-refractivity contribution in [1.82, 2.24) is 15.6 Å². The molecule has 3 aromatic rings. The van der Waals surface area contributed by atoms with Gasteiger partial charge in [-0.15, -0.1) is 0 Å². The molecule has 7 nitrogen and oxygen atoms in total. The van der Waals surface area contributed by atoms with Crippen molar-refractivity contribution in [3.63, 3.8) is 0 Å². The topological polar surface area (TPSA) is 104 Å². The van der Waals surface area contributed by atoms with Crippen LogP contribution in [0.15, 0.2) is 64.2 Å². The summed E-state index contributed by atoms with van der Waals surface area (Å²) in [7, 11) is -0.765. The molecule has 0 aliphatic carbocycles. The van der Waals surface area contributed by atoms with Gasteiger partial charge in [-0.1, -0.05) is 68.1 Å². The molecule has 34 heavy (non-hydrogen) atoms. The monoisotopic (exact) mass is 509 g/mol. The fourth-order valence-electron chi connectivity index (χ4n) is 2.90. The Labute approximate surface area is 208 Å². The predicted molar refractivity (Wildman–Crippen MR) is 143 cm³/mol. The minimum absolute atomic E-state index is 0.0899. The largest absolute Gasteiger partial charge is 0.431 e. The molecule has 2 aromatic carbocycles. The molecule has 190 valence electrons. The summed E-state index contributed by atoms with van der Waals surface area (Å²) >= 11 is 1.52. The molecule has 0 aliphatic rings. The Bertz CT molecular complexity index is 1000. The van der Waals surface area contributed by atoms with Crippen LogP contribution in [0.1, 0.15) is 19.4 Å². The van der Waals surface area contributed by atoms with Gasteiger partial charge < -0.3 is 20.2 Å². The van der Waals surface area contributed by atoms with Gasteiger partial charge in [0.05, 0.1) is 6.10 Å². The molecule has 1 heterocycles. The number of oxazole rings is 1. The smallest absolute Gasteiger partial charge is 0.256 e. The zero-order valence-corrected chi connectivity index (χ0v) is 22.6. The number of benzene rings is 2. The molecule has 1 aromatic heterocycles. The van der Waals surface area contributed by atoms with Gasteiger partial charge in [-0.3, -0.25) is 0 Å². The van der Waals surface area contributed by atoms with Gasteiger partial charge in [0.2, 0.25) is 0 Å². The molecule has 2 unspecified atom stereocenters. The lowest BCUT2D eigenvalue weighted by Crippen LogP contribution is -2.45. The van der Waals surface area contributed by atoms with Gasteiger partial charge in [-0.05, 0) is 49.9 Å². The highest BCUT2D eigenvalue weighted by molar-refractivity contribution is 7.98. The predicted octanol–water partition coefficient (Wildman–Crippen LogP) is 3.63. The fraction of sp³-hybridized carbons (Fsp3) is 0.480. The Morgan fingerprint density at radius 3 is 2.15 bits per heavy atom. The van der Waals surface area contributed by atoms with Gasteiger partial charge in [0, 0.05) is 25.1 Å². The molecule has 0 bridgehead atoms. The first-order valence-electron chi connectivity index (χ1n) is 11.2. The standard InChI is InChI=1S/C15H26N2O.C8H7NOS.C2H6O2S/c1-12(2)10-17-11-15(18)14(16-3)9-13-7-5-4-6-8-13;1-11-8-9-6-4-2-3-5-7(6)10-8;1-5(2,3)4/h4-8,12,14-18H,9-11H2,1-3H3;2-5H,1H3;1-2H3. The molecule has 0 radical (unpaired) electrons. The minimum atomic E-state index is -2.67. The van der Waals surface area contributed by atoms with Crippen molar-refractivity contribution in [2.24, 2.45) is 5.92 Å². The third-order valence-electron chi connectivity index (χ3n) is 4.49. The Balaban J connectivity index is 0.000000303. The second-order valence-electron chi connectivity index (χ2n) is 8.50. The van der Waals surface area contributed by atoms with Crippen molar-refractivity contribution < 1.29 is 17.9 Å². The number of aliphatic hydroxyl groups excluding tert-OH is 1. The van der Waals surface area contributed by atoms with Crippen molar-refractivity contribution in [3.8, 4) is 0 Å². The van der Waals surface area contributed by atoms with Crippen LogP contribution in [0.4, 0.5) is 0 Å². The number of para-hydroxylation sites is 2. The van der Waals surface area contributed by atoms with Crippen LogP contribution in [0.2, 0.25) is 0 Å². The highest BCUT2D eigenvalue weighted by atomic mass is 32.2. The van der Waals surface area contributed by atoms with Gasteiger partial charge in [0.1, 0.15) is 15.4 Å². The van der Waals surface area contributed by atoms with Crippen LogP contribution in [0.5, 0.6) is 0 Å². The van der Waals surface area contributed by atoms with Crippen molar-refractivity contribution in [2.75, 3.05) is 38.9 Å². The SMILES string of the molecule is CNC(Cc1ccccc1)C(O)CNCC(C)C.CS(C)(=O)=O.CSc1nc2ccccc2o1. The third-order valence-corrected chi connectivity index (χ3v) is 5.01. The lowest BCUT2D eigenvalue weighted by molar-refractivity contribution is 0.128. The van der Waals surface area contributed by atoms with Crippen LogP contribution in [-0.2, 0) is 16.3 Å². The summed E-state index contributed by atoms with van der Waals surface area (Å²) < 4.78 is 24.6. The number of likely N-dealkylation sites (N-methyl/N-ethyl adjacent to an activating group) is 1. The Morgan fingerprint density at radius 1 is 1.03 bits per heavy atom. The second kappa shape index (κ2) is 15.9. The average molecular weight is 510 g/mol. The summed E-state index contributed by atoms with van der Waals surface area (Å²) in [5, 5.41) is 17.4. The molecule has 2 atom stereocenters. The lowest BCUT2D eigenvalue weighted by atomic mass is 10.0. The molecule has 9 heteroatoms. The van der Waals surface area contributed by atoms with Crippen LogP contribution >= 0.6 is 11.8 Å². The van der Waals surface area contributed by atoms with Gasteiger partial charge in [0.15, 0.2) is 5.58 Å². The number of fused-ring (bicyclic) bond motifs is 1. The van der Waals surface area contributed by atoms with Crippen LogP contribution in [0.3, 0.4) is 0 Å². The zero-order chi connectivity index (χ0) is 25.6. The van der Waals surface area contributed by atoms with E-state index in [1.807, 2.05) is 55.8 Å². The van der Waals surface area contributed by atoms with Crippen molar-refractivity contribution in [2.45, 2.75) is 37.6 Å². The number of aliphatic hydroxyl groups is 1. The molecule has 0 saturated carbocycles. The number of sulfone groups is 1. The van der Waals surface area contributed by atoms with E-state index < -0.39 is 9.84 Å². The van der Waals surface area contributed by atoms with Crippen LogP contribution in [-0.4, -0.2) is 69.6 Å². The Hall–Kier alpha value is -1.91. The first-order valence-corrected chi connectivity index (χ1v) is 14.7. The van der Waals surface area contributed by atoms with Crippen LogP contribution in [0.25, 0.3) is 11.1 Å². The maximum Gasteiger partial charge on any atom is 0.256 e. The summed E-state index contributed by atoms with van der Waals surface area (Å²) in [6.45, 7) is 5.91. The minimum Gasteiger partial charge on any atom is -0.431 e. The van der Waals surface area contributed by atoms with E-state index in [1.54, 1.807) is 0 Å². The van der Waals surface area contributed by atoms with E-state index in [9.17, 15) is 13.5 Å². The van der Waals surface area contributed by atoms with Gasteiger partial charge >= 0.3 is 0 Å². The number of rotatable bonds is 9. The zero-order valence-electron chi connectivity index (χ0n) is 21.0. The molecule has 0 saturated heterocycles. The number of nitrogens with zero attached hydrogens (tertiary/aromatic N) is 1. The number of thioether (sulfide) groups is 1. The second-order valence-corrected chi connectivity index (χ2v) is 11.5. The third kappa shape index (κ3) is 13.7. The first kappa shape index (κ1) is 30.1. The van der Waals surface area contributed by atoms with Crippen LogP contribution < -0.4 is 10.6 Å². The van der Waals surface area contributed by atoms with E-state index in [0.717, 1.165) is 41.8 Å². The number of nitrogens with one attached hydrogen (secondary N) is 2. The maximum absolute atomic E-state index is 10.2. The molecule has 0 aliphatic heterocycles. The molecule has 3 N–H and O–H groups in total. The first-order chi connectivity index (χ1) is 16.0. The van der Waals surface area contributed by atoms with Gasteiger partial charge in [-0.25, -0.2) is 13.4 Å². The summed E-state index contributed by atoms with van der Waals surface area (Å²) in [6, 6.07) is 18.1. The Kier molecular flexibility index (Phi) is 14.1. The lowest BCUT2D eigenvalue weighted by Gasteiger charge is -2.23. The highest BCUT2D eigenvalue weighted by Gasteiger charge is 2.17. The van der Waals surface area contributed by atoms with E-state index in [0.29, 0.717) is 12.5 Å². The Morgan fingerprint density at radius 2 is 1.62 bits per heavy atom. The fourth-order valence-corrected chi connectivity index (χ4v) is 3.26. The number of hydrogen-bond acceptors (Lipinski definition) is 8. The molecular weight excluding hydrogens is 470 g/mol. The van der Waals surface area contributed by atoms with Crippen molar-refractivity contribution >= 4 is 32.7 Å². The quantitative estimate of drug-likeness (QED) is 0.376. The highest BCUT2D eigenvalue weighted by Crippen LogP contribution is 2.20. The molecule has 0 amide bonds. The number of aromatic nitrogens is 1. The van der Waals surface area contributed by atoms with Crippen molar-refractivity contribution in [1.29, 1.82) is 0 Å². The van der Waals surface area contributed by atoms with E-state index in [2.05, 4.69) is 41.6 Å². The van der Waals surface area contributed by atoms with Gasteiger partial charge in [-0.2, -0.15) is 0 Å². The van der Waals surface area contributed by atoms with Crippen molar-refractivity contribution in [3.05, 3.63) is 60.2 Å². The molecule has 0 spiro atoms. The molecule has 3 rings (SSSR count). The average Bonchev–Trinajstić information content (AvgIpc) is 3.20. The van der Waals surface area contributed by atoms with E-state index in [1.165, 1.54) is 17.3 Å². The summed E-state index contributed by atoms with van der Waals surface area (Å²) in [5.41, 5.74) is 3.04. The molecule has 0 fully saturated rings. The summed E-state index contributed by atoms with van der Waals surface area (Å²) in [5.74, 6) is 0.611. The van der Waals surface area contributed by atoms with E-state index in [4.69, 9.17) is 4.42 Å². The number of hydrogen-bond donors (Lipinski definition) is 3. The van der Waals surface area contributed by atoms with E-state index >= 15 is 0 Å². The van der Waals surface area contributed by atoms with E-state index in [-0.39, 0.29) is 12.1 Å². The van der Waals surface area contributed by atoms with Crippen LogP contribution in [0, 0.1) is 5.92 Å². The summed E-state index contributed by atoms with van der Waals surface area (Å²) in [4.78, 5) is 4.23. The van der Waals surface area contributed by atoms with Gasteiger partial charge in [0.25, 0.3) is 5.22 Å². The maximum atomic E-state index is 10.2.